The minimum absolute atomic E-state index is 0.0966. The molecule has 0 aliphatic carbocycles. The zero-order chi connectivity index (χ0) is 17.4. The van der Waals surface area contributed by atoms with Crippen molar-refractivity contribution < 1.29 is 13.9 Å². The second-order valence-electron chi connectivity index (χ2n) is 5.05. The van der Waals surface area contributed by atoms with Gasteiger partial charge in [-0.3, -0.25) is 4.79 Å². The molecule has 0 aliphatic rings. The van der Waals surface area contributed by atoms with Crippen molar-refractivity contribution in [1.29, 1.82) is 0 Å². The highest BCUT2D eigenvalue weighted by molar-refractivity contribution is 7.99. The number of benzene rings is 2. The summed E-state index contributed by atoms with van der Waals surface area (Å²) in [5, 5.41) is 3.22. The Balaban J connectivity index is 1.77. The number of hydrogen-bond acceptors (Lipinski definition) is 3. The van der Waals surface area contributed by atoms with Gasteiger partial charge in [0.2, 0.25) is 5.91 Å². The highest BCUT2D eigenvalue weighted by Crippen LogP contribution is 2.20. The summed E-state index contributed by atoms with van der Waals surface area (Å²) in [6.07, 6.45) is 0. The monoisotopic (exact) mass is 367 g/mol. The minimum atomic E-state index is -0.346. The Labute approximate surface area is 150 Å². The predicted octanol–water partition coefficient (Wildman–Crippen LogP) is 4.43. The van der Waals surface area contributed by atoms with E-state index in [-0.39, 0.29) is 17.5 Å². The van der Waals surface area contributed by atoms with Gasteiger partial charge in [0, 0.05) is 22.9 Å². The zero-order valence-corrected chi connectivity index (χ0v) is 14.9. The van der Waals surface area contributed by atoms with Crippen LogP contribution in [0.15, 0.2) is 42.5 Å². The van der Waals surface area contributed by atoms with Gasteiger partial charge in [0.05, 0.1) is 12.4 Å². The fourth-order valence-corrected chi connectivity index (χ4v) is 3.09. The zero-order valence-electron chi connectivity index (χ0n) is 13.4. The molecule has 0 heterocycles. The quantitative estimate of drug-likeness (QED) is 0.750. The molecule has 2 rings (SSSR count). The average molecular weight is 368 g/mol. The Morgan fingerprint density at radius 1 is 1.25 bits per heavy atom. The molecule has 2 aromatic carbocycles. The molecule has 0 spiro atoms. The lowest BCUT2D eigenvalue weighted by Crippen LogP contribution is -2.25. The van der Waals surface area contributed by atoms with E-state index in [4.69, 9.17) is 16.3 Å². The maximum Gasteiger partial charge on any atom is 0.230 e. The summed E-state index contributed by atoms with van der Waals surface area (Å²) in [6.45, 7) is 2.90. The summed E-state index contributed by atoms with van der Waals surface area (Å²) in [5.74, 6) is 1.02. The molecule has 0 saturated heterocycles. The van der Waals surface area contributed by atoms with Crippen molar-refractivity contribution in [3.63, 3.8) is 0 Å². The third-order valence-electron chi connectivity index (χ3n) is 3.25. The molecular formula is C18H19ClFNO2S. The molecule has 0 bridgehead atoms. The van der Waals surface area contributed by atoms with E-state index in [9.17, 15) is 9.18 Å². The Morgan fingerprint density at radius 3 is 2.79 bits per heavy atom. The maximum atomic E-state index is 13.6. The number of thioether (sulfide) groups is 1. The van der Waals surface area contributed by atoms with E-state index in [1.54, 1.807) is 12.1 Å². The van der Waals surface area contributed by atoms with E-state index in [2.05, 4.69) is 5.32 Å². The van der Waals surface area contributed by atoms with E-state index in [1.165, 1.54) is 17.8 Å². The number of rotatable bonds is 8. The van der Waals surface area contributed by atoms with E-state index < -0.39 is 0 Å². The number of amides is 1. The van der Waals surface area contributed by atoms with E-state index in [1.807, 2.05) is 31.2 Å². The second-order valence-corrected chi connectivity index (χ2v) is 6.47. The van der Waals surface area contributed by atoms with E-state index in [0.29, 0.717) is 29.5 Å². The Bertz CT molecular complexity index is 696. The molecule has 0 aromatic heterocycles. The number of halogens is 2. The molecule has 2 aromatic rings. The summed E-state index contributed by atoms with van der Waals surface area (Å²) in [5.41, 5.74) is 1.47. The van der Waals surface area contributed by atoms with Crippen molar-refractivity contribution in [3.8, 4) is 5.75 Å². The van der Waals surface area contributed by atoms with E-state index >= 15 is 0 Å². The van der Waals surface area contributed by atoms with Crippen molar-refractivity contribution in [3.05, 3.63) is 64.4 Å². The van der Waals surface area contributed by atoms with Gasteiger partial charge in [-0.25, -0.2) is 4.39 Å². The van der Waals surface area contributed by atoms with Crippen LogP contribution in [0.5, 0.6) is 5.75 Å². The molecule has 0 fully saturated rings. The van der Waals surface area contributed by atoms with Crippen LogP contribution in [-0.4, -0.2) is 18.3 Å². The molecular weight excluding hydrogens is 349 g/mol. The summed E-state index contributed by atoms with van der Waals surface area (Å²) in [7, 11) is 0. The topological polar surface area (TPSA) is 38.3 Å². The van der Waals surface area contributed by atoms with Crippen molar-refractivity contribution >= 4 is 29.3 Å². The molecule has 0 atom stereocenters. The first kappa shape index (κ1) is 18.6. The van der Waals surface area contributed by atoms with Crippen LogP contribution in [0.3, 0.4) is 0 Å². The van der Waals surface area contributed by atoms with Crippen LogP contribution in [0, 0.1) is 5.82 Å². The fraction of sp³-hybridized carbons (Fsp3) is 0.278. The Morgan fingerprint density at radius 2 is 2.04 bits per heavy atom. The summed E-state index contributed by atoms with van der Waals surface area (Å²) >= 11 is 7.07. The minimum Gasteiger partial charge on any atom is -0.494 e. The summed E-state index contributed by atoms with van der Waals surface area (Å²) in [6, 6.07) is 12.2. The van der Waals surface area contributed by atoms with Crippen molar-refractivity contribution in [2.75, 3.05) is 12.4 Å². The molecule has 3 nitrogen and oxygen atoms in total. The Kier molecular flexibility index (Phi) is 7.40. The van der Waals surface area contributed by atoms with Crippen LogP contribution in [-0.2, 0) is 17.1 Å². The van der Waals surface area contributed by atoms with Crippen LogP contribution in [0.1, 0.15) is 18.1 Å². The maximum absolute atomic E-state index is 13.6. The van der Waals surface area contributed by atoms with Crippen LogP contribution >= 0.6 is 23.4 Å². The third kappa shape index (κ3) is 5.73. The van der Waals surface area contributed by atoms with Crippen LogP contribution in [0.4, 0.5) is 4.39 Å². The molecule has 0 radical (unpaired) electrons. The second kappa shape index (κ2) is 9.55. The smallest absolute Gasteiger partial charge is 0.230 e. The average Bonchev–Trinajstić information content (AvgIpc) is 2.56. The SMILES string of the molecule is CCOc1ccccc1CNC(=O)CSCc1ccc(Cl)cc1F. The van der Waals surface area contributed by atoms with Gasteiger partial charge in [-0.2, -0.15) is 0 Å². The molecule has 24 heavy (non-hydrogen) atoms. The first-order valence-electron chi connectivity index (χ1n) is 7.59. The standard InChI is InChI=1S/C18H19ClFNO2S/c1-2-23-17-6-4-3-5-13(17)10-21-18(22)12-24-11-14-7-8-15(19)9-16(14)20/h3-9H,2,10-12H2,1H3,(H,21,22). The van der Waals surface area contributed by atoms with Gasteiger partial charge in [0.15, 0.2) is 0 Å². The molecule has 6 heteroatoms. The lowest BCUT2D eigenvalue weighted by molar-refractivity contribution is -0.118. The summed E-state index contributed by atoms with van der Waals surface area (Å²) in [4.78, 5) is 11.9. The molecule has 0 unspecified atom stereocenters. The van der Waals surface area contributed by atoms with Gasteiger partial charge in [0.25, 0.3) is 0 Å². The normalized spacial score (nSPS) is 10.5. The van der Waals surface area contributed by atoms with Crippen LogP contribution in [0.25, 0.3) is 0 Å². The van der Waals surface area contributed by atoms with Gasteiger partial charge in [0.1, 0.15) is 11.6 Å². The Hall–Kier alpha value is -1.72. The molecule has 0 aliphatic heterocycles. The number of nitrogens with one attached hydrogen (secondary N) is 1. The van der Waals surface area contributed by atoms with Crippen molar-refractivity contribution in [2.24, 2.45) is 0 Å². The van der Waals surface area contributed by atoms with Crippen molar-refractivity contribution in [1.82, 2.24) is 5.32 Å². The van der Waals surface area contributed by atoms with Crippen molar-refractivity contribution in [2.45, 2.75) is 19.2 Å². The van der Waals surface area contributed by atoms with Crippen LogP contribution in [0.2, 0.25) is 5.02 Å². The number of hydrogen-bond donors (Lipinski definition) is 1. The van der Waals surface area contributed by atoms with Gasteiger partial charge >= 0.3 is 0 Å². The lowest BCUT2D eigenvalue weighted by atomic mass is 10.2. The third-order valence-corrected chi connectivity index (χ3v) is 4.47. The molecule has 128 valence electrons. The summed E-state index contributed by atoms with van der Waals surface area (Å²) < 4.78 is 19.2. The molecule has 1 N–H and O–H groups in total. The van der Waals surface area contributed by atoms with E-state index in [0.717, 1.165) is 11.3 Å². The van der Waals surface area contributed by atoms with Gasteiger partial charge in [-0.15, -0.1) is 11.8 Å². The number of ether oxygens (including phenoxy) is 1. The van der Waals surface area contributed by atoms with Gasteiger partial charge < -0.3 is 10.1 Å². The van der Waals surface area contributed by atoms with Gasteiger partial charge in [-0.1, -0.05) is 35.9 Å². The highest BCUT2D eigenvalue weighted by Gasteiger charge is 2.07. The highest BCUT2D eigenvalue weighted by atomic mass is 35.5. The molecule has 1 amide bonds. The first-order valence-corrected chi connectivity index (χ1v) is 9.12. The fourth-order valence-electron chi connectivity index (χ4n) is 2.08. The molecule has 0 saturated carbocycles. The lowest BCUT2D eigenvalue weighted by Gasteiger charge is -2.11. The van der Waals surface area contributed by atoms with Crippen LogP contribution < -0.4 is 10.1 Å². The number of para-hydroxylation sites is 1. The number of carbonyl (C=O) groups is 1. The number of carbonyl (C=O) groups excluding carboxylic acids is 1. The van der Waals surface area contributed by atoms with Gasteiger partial charge in [-0.05, 0) is 30.7 Å². The largest absolute Gasteiger partial charge is 0.494 e. The first-order chi connectivity index (χ1) is 11.6. The predicted molar refractivity (Wildman–Crippen MR) is 97.0 cm³/mol.